The number of Topliss-reactive ketones (excluding diaryl/α,β-unsaturated/α-hetero) is 1. The van der Waals surface area contributed by atoms with Crippen molar-refractivity contribution >= 4 is 17.6 Å². The van der Waals surface area contributed by atoms with Crippen molar-refractivity contribution < 1.29 is 29.0 Å². The fourth-order valence-corrected chi connectivity index (χ4v) is 2.24. The predicted molar refractivity (Wildman–Crippen MR) is 81.4 cm³/mol. The van der Waals surface area contributed by atoms with Crippen molar-refractivity contribution in [3.8, 4) is 0 Å². The molecule has 1 aliphatic heterocycles. The molecule has 0 aromatic rings. The Morgan fingerprint density at radius 2 is 2.00 bits per heavy atom. The number of nitrogens with zero attached hydrogens (tertiary/aromatic N) is 1. The second kappa shape index (κ2) is 10.3. The number of hydrogen-bond acceptors (Lipinski definition) is 6. The summed E-state index contributed by atoms with van der Waals surface area (Å²) in [5, 5.41) is 12.4. The highest BCUT2D eigenvalue weighted by atomic mass is 16.5. The number of likely N-dealkylation sites (tertiary alicyclic amines) is 1. The van der Waals surface area contributed by atoms with Gasteiger partial charge in [0.05, 0.1) is 19.8 Å². The molecule has 0 bridgehead atoms. The summed E-state index contributed by atoms with van der Waals surface area (Å²) in [5.74, 6) is -0.528. The molecule has 0 saturated carbocycles. The van der Waals surface area contributed by atoms with Crippen LogP contribution in [-0.4, -0.2) is 73.3 Å². The molecule has 1 fully saturated rings. The van der Waals surface area contributed by atoms with Gasteiger partial charge >= 0.3 is 0 Å². The first-order valence-electron chi connectivity index (χ1n) is 7.82. The summed E-state index contributed by atoms with van der Waals surface area (Å²) in [4.78, 5) is 35.3. The van der Waals surface area contributed by atoms with Gasteiger partial charge < -0.3 is 24.8 Å². The van der Waals surface area contributed by atoms with Crippen LogP contribution in [-0.2, 0) is 23.9 Å². The van der Waals surface area contributed by atoms with Crippen LogP contribution in [0.25, 0.3) is 0 Å². The maximum absolute atomic E-state index is 11.7. The number of ether oxygens (including phenoxy) is 2. The molecule has 1 aliphatic rings. The van der Waals surface area contributed by atoms with Gasteiger partial charge in [-0.1, -0.05) is 6.92 Å². The van der Waals surface area contributed by atoms with Crippen LogP contribution >= 0.6 is 0 Å². The zero-order valence-corrected chi connectivity index (χ0v) is 13.7. The molecule has 2 unspecified atom stereocenters. The Balaban J connectivity index is 2.00. The van der Waals surface area contributed by atoms with Crippen molar-refractivity contribution in [2.75, 3.05) is 39.5 Å². The summed E-state index contributed by atoms with van der Waals surface area (Å²) in [6, 6.07) is 0. The highest BCUT2D eigenvalue weighted by molar-refractivity contribution is 5.82. The summed E-state index contributed by atoms with van der Waals surface area (Å²) in [7, 11) is 0. The van der Waals surface area contributed by atoms with Crippen LogP contribution in [0.1, 0.15) is 26.7 Å². The minimum atomic E-state index is -0.788. The quantitative estimate of drug-likeness (QED) is 0.486. The van der Waals surface area contributed by atoms with Gasteiger partial charge in [0, 0.05) is 31.8 Å². The van der Waals surface area contributed by atoms with E-state index in [2.05, 4.69) is 5.32 Å². The number of aliphatic hydroxyl groups is 1. The molecule has 0 aromatic carbocycles. The molecule has 0 radical (unpaired) electrons. The van der Waals surface area contributed by atoms with Crippen LogP contribution < -0.4 is 5.32 Å². The lowest BCUT2D eigenvalue weighted by Gasteiger charge is -2.20. The minimum Gasteiger partial charge on any atom is -0.377 e. The van der Waals surface area contributed by atoms with Crippen molar-refractivity contribution in [1.29, 1.82) is 0 Å². The SMILES string of the molecule is CC(=O)COCCOCCNC(=O)CCN1C(=O)C(C)CC1O. The van der Waals surface area contributed by atoms with E-state index in [1.165, 1.54) is 11.8 Å². The third kappa shape index (κ3) is 7.54. The molecule has 132 valence electrons. The maximum atomic E-state index is 11.7. The zero-order valence-electron chi connectivity index (χ0n) is 13.7. The van der Waals surface area contributed by atoms with E-state index in [9.17, 15) is 19.5 Å². The maximum Gasteiger partial charge on any atom is 0.227 e. The monoisotopic (exact) mass is 330 g/mol. The van der Waals surface area contributed by atoms with Gasteiger partial charge in [-0.25, -0.2) is 0 Å². The molecule has 0 aliphatic carbocycles. The second-order valence-corrected chi connectivity index (χ2v) is 5.62. The molecule has 2 amide bonds. The van der Waals surface area contributed by atoms with E-state index in [1.54, 1.807) is 6.92 Å². The molecule has 2 atom stereocenters. The highest BCUT2D eigenvalue weighted by Gasteiger charge is 2.35. The topological polar surface area (TPSA) is 105 Å². The number of carbonyl (C=O) groups is 3. The summed E-state index contributed by atoms with van der Waals surface area (Å²) in [5.41, 5.74) is 0. The van der Waals surface area contributed by atoms with Crippen LogP contribution in [0.3, 0.4) is 0 Å². The average molecular weight is 330 g/mol. The third-order valence-corrected chi connectivity index (χ3v) is 3.45. The number of aliphatic hydroxyl groups excluding tert-OH is 1. The molecule has 0 spiro atoms. The number of amides is 2. The third-order valence-electron chi connectivity index (χ3n) is 3.45. The molecule has 23 heavy (non-hydrogen) atoms. The van der Waals surface area contributed by atoms with Gasteiger partial charge in [-0.05, 0) is 6.92 Å². The van der Waals surface area contributed by atoms with E-state index >= 15 is 0 Å². The molecule has 1 rings (SSSR count). The van der Waals surface area contributed by atoms with Crippen molar-refractivity contribution in [1.82, 2.24) is 10.2 Å². The number of rotatable bonds is 11. The van der Waals surface area contributed by atoms with Gasteiger partial charge in [0.15, 0.2) is 5.78 Å². The minimum absolute atomic E-state index is 0.0340. The van der Waals surface area contributed by atoms with Crippen LogP contribution in [0.5, 0.6) is 0 Å². The lowest BCUT2D eigenvalue weighted by atomic mass is 10.1. The van der Waals surface area contributed by atoms with Crippen molar-refractivity contribution in [3.63, 3.8) is 0 Å². The zero-order chi connectivity index (χ0) is 17.2. The number of nitrogens with one attached hydrogen (secondary N) is 1. The second-order valence-electron chi connectivity index (χ2n) is 5.62. The van der Waals surface area contributed by atoms with Crippen LogP contribution in [0.4, 0.5) is 0 Å². The summed E-state index contributed by atoms with van der Waals surface area (Å²) >= 11 is 0. The first-order chi connectivity index (χ1) is 10.9. The van der Waals surface area contributed by atoms with E-state index < -0.39 is 6.23 Å². The molecular formula is C15H26N2O6. The highest BCUT2D eigenvalue weighted by Crippen LogP contribution is 2.22. The van der Waals surface area contributed by atoms with Gasteiger partial charge in [0.1, 0.15) is 12.8 Å². The predicted octanol–water partition coefficient (Wildman–Crippen LogP) is -0.698. The summed E-state index contributed by atoms with van der Waals surface area (Å²) < 4.78 is 10.3. The largest absolute Gasteiger partial charge is 0.377 e. The Hall–Kier alpha value is -1.51. The van der Waals surface area contributed by atoms with E-state index in [0.717, 1.165) is 0 Å². The Bertz CT molecular complexity index is 415. The van der Waals surface area contributed by atoms with Crippen LogP contribution in [0.15, 0.2) is 0 Å². The van der Waals surface area contributed by atoms with Gasteiger partial charge in [0.2, 0.25) is 11.8 Å². The van der Waals surface area contributed by atoms with Gasteiger partial charge in [-0.15, -0.1) is 0 Å². The smallest absolute Gasteiger partial charge is 0.227 e. The van der Waals surface area contributed by atoms with E-state index in [0.29, 0.717) is 32.8 Å². The van der Waals surface area contributed by atoms with Crippen LogP contribution in [0.2, 0.25) is 0 Å². The molecule has 8 heteroatoms. The molecule has 1 saturated heterocycles. The first kappa shape index (κ1) is 19.5. The van der Waals surface area contributed by atoms with E-state index in [4.69, 9.17) is 9.47 Å². The fraction of sp³-hybridized carbons (Fsp3) is 0.800. The Labute approximate surface area is 136 Å². The Morgan fingerprint density at radius 3 is 2.61 bits per heavy atom. The van der Waals surface area contributed by atoms with Gasteiger partial charge in [-0.3, -0.25) is 14.4 Å². The fourth-order valence-electron chi connectivity index (χ4n) is 2.24. The van der Waals surface area contributed by atoms with Crippen molar-refractivity contribution in [2.45, 2.75) is 32.9 Å². The number of carbonyl (C=O) groups excluding carboxylic acids is 3. The van der Waals surface area contributed by atoms with Crippen molar-refractivity contribution in [2.24, 2.45) is 5.92 Å². The number of ketones is 1. The van der Waals surface area contributed by atoms with E-state index in [-0.39, 0.29) is 43.1 Å². The molecule has 2 N–H and O–H groups in total. The standard InChI is InChI=1S/C15H26N2O6/c1-11-9-14(20)17(15(11)21)5-3-13(19)16-4-6-22-7-8-23-10-12(2)18/h11,14,20H,3-10H2,1-2H3,(H,16,19). The van der Waals surface area contributed by atoms with Crippen molar-refractivity contribution in [3.05, 3.63) is 0 Å². The van der Waals surface area contributed by atoms with Gasteiger partial charge in [0.25, 0.3) is 0 Å². The molecule has 1 heterocycles. The lowest BCUT2D eigenvalue weighted by molar-refractivity contribution is -0.136. The normalized spacial score (nSPS) is 20.8. The Kier molecular flexibility index (Phi) is 8.75. The van der Waals surface area contributed by atoms with Gasteiger partial charge in [-0.2, -0.15) is 0 Å². The average Bonchev–Trinajstić information content (AvgIpc) is 2.72. The van der Waals surface area contributed by atoms with E-state index in [1.807, 2.05) is 0 Å². The summed E-state index contributed by atoms with van der Waals surface area (Å²) in [6.07, 6.45) is -0.222. The summed E-state index contributed by atoms with van der Waals surface area (Å²) in [6.45, 7) is 4.91. The molecule has 0 aromatic heterocycles. The molecular weight excluding hydrogens is 304 g/mol. The first-order valence-corrected chi connectivity index (χ1v) is 7.82. The van der Waals surface area contributed by atoms with Crippen LogP contribution in [0, 0.1) is 5.92 Å². The lowest BCUT2D eigenvalue weighted by Crippen LogP contribution is -2.37. The number of hydrogen-bond donors (Lipinski definition) is 2. The Morgan fingerprint density at radius 1 is 1.30 bits per heavy atom. The molecule has 8 nitrogen and oxygen atoms in total.